The number of esters is 1. The molecule has 0 radical (unpaired) electrons. The number of para-hydroxylation sites is 2. The van der Waals surface area contributed by atoms with E-state index < -0.39 is 18.7 Å². The van der Waals surface area contributed by atoms with Crippen LogP contribution in [0.4, 0.5) is 0 Å². The van der Waals surface area contributed by atoms with E-state index in [0.29, 0.717) is 18.5 Å². The van der Waals surface area contributed by atoms with Crippen molar-refractivity contribution in [2.24, 2.45) is 0 Å². The molecule has 0 saturated carbocycles. The number of aliphatic hydroxyl groups excluding tert-OH is 1. The quantitative estimate of drug-likeness (QED) is 0.508. The SMILES string of the molecule is N#CC(=C(O)COC(=O)C1CCCO1)c1nc2ccccc2[nH]1. The Morgan fingerprint density at radius 3 is 3.04 bits per heavy atom. The third-order valence-electron chi connectivity index (χ3n) is 3.57. The van der Waals surface area contributed by atoms with Crippen molar-refractivity contribution in [2.45, 2.75) is 18.9 Å². The Kier molecular flexibility index (Phi) is 4.26. The number of H-pyrrole nitrogens is 1. The van der Waals surface area contributed by atoms with Gasteiger partial charge in [-0.15, -0.1) is 0 Å². The van der Waals surface area contributed by atoms with Crippen molar-refractivity contribution in [2.75, 3.05) is 13.2 Å². The summed E-state index contributed by atoms with van der Waals surface area (Å²) in [5.74, 6) is -0.645. The van der Waals surface area contributed by atoms with Gasteiger partial charge in [0.15, 0.2) is 17.7 Å². The lowest BCUT2D eigenvalue weighted by Gasteiger charge is -2.09. The Balaban J connectivity index is 1.76. The summed E-state index contributed by atoms with van der Waals surface area (Å²) in [6.45, 7) is 0.142. The average molecular weight is 313 g/mol. The number of nitriles is 1. The molecule has 2 N–H and O–H groups in total. The molecule has 1 aromatic carbocycles. The number of benzene rings is 1. The van der Waals surface area contributed by atoms with Crippen molar-refractivity contribution in [3.63, 3.8) is 0 Å². The van der Waals surface area contributed by atoms with Crippen LogP contribution >= 0.6 is 0 Å². The maximum absolute atomic E-state index is 11.8. The van der Waals surface area contributed by atoms with Crippen LogP contribution in [0.2, 0.25) is 0 Å². The molecule has 7 nitrogen and oxygen atoms in total. The van der Waals surface area contributed by atoms with Crippen LogP contribution in [-0.4, -0.2) is 40.4 Å². The number of carbonyl (C=O) groups is 1. The van der Waals surface area contributed by atoms with Crippen LogP contribution in [0, 0.1) is 11.3 Å². The van der Waals surface area contributed by atoms with E-state index in [1.807, 2.05) is 24.3 Å². The largest absolute Gasteiger partial charge is 0.507 e. The van der Waals surface area contributed by atoms with Crippen LogP contribution in [-0.2, 0) is 14.3 Å². The Labute approximate surface area is 132 Å². The van der Waals surface area contributed by atoms with Crippen molar-refractivity contribution < 1.29 is 19.4 Å². The Morgan fingerprint density at radius 1 is 1.52 bits per heavy atom. The van der Waals surface area contributed by atoms with Crippen LogP contribution < -0.4 is 0 Å². The highest BCUT2D eigenvalue weighted by atomic mass is 16.6. The molecule has 3 rings (SSSR count). The number of aromatic nitrogens is 2. The number of fused-ring (bicyclic) bond motifs is 1. The fourth-order valence-corrected chi connectivity index (χ4v) is 2.39. The van der Waals surface area contributed by atoms with Gasteiger partial charge in [-0.3, -0.25) is 0 Å². The first-order valence-corrected chi connectivity index (χ1v) is 7.24. The number of ether oxygens (including phenoxy) is 2. The second-order valence-corrected chi connectivity index (χ2v) is 5.15. The standard InChI is InChI=1S/C16H15N3O4/c17-8-10(15-18-11-4-1-2-5-12(11)19-15)13(20)9-23-16(21)14-6-3-7-22-14/h1-2,4-5,14,20H,3,6-7,9H2,(H,18,19). The lowest BCUT2D eigenvalue weighted by Crippen LogP contribution is -2.23. The minimum absolute atomic E-state index is 0.0543. The number of carbonyl (C=O) groups excluding carboxylic acids is 1. The minimum Gasteiger partial charge on any atom is -0.507 e. The topological polar surface area (TPSA) is 108 Å². The number of nitrogens with one attached hydrogen (secondary N) is 1. The van der Waals surface area contributed by atoms with Gasteiger partial charge in [0.25, 0.3) is 0 Å². The monoisotopic (exact) mass is 313 g/mol. The summed E-state index contributed by atoms with van der Waals surface area (Å²) < 4.78 is 10.2. The van der Waals surface area contributed by atoms with Crippen LogP contribution in [0.1, 0.15) is 18.7 Å². The first-order valence-electron chi connectivity index (χ1n) is 7.24. The molecule has 0 spiro atoms. The Bertz CT molecular complexity index is 764. The number of aliphatic hydroxyl groups is 1. The number of hydrogen-bond acceptors (Lipinski definition) is 6. The van der Waals surface area contributed by atoms with Gasteiger partial charge in [-0.05, 0) is 25.0 Å². The smallest absolute Gasteiger partial charge is 0.335 e. The first kappa shape index (κ1) is 15.1. The maximum atomic E-state index is 11.8. The summed E-state index contributed by atoms with van der Waals surface area (Å²) >= 11 is 0. The zero-order chi connectivity index (χ0) is 16.2. The Hall–Kier alpha value is -2.85. The van der Waals surface area contributed by atoms with E-state index in [2.05, 4.69) is 9.97 Å². The van der Waals surface area contributed by atoms with Gasteiger partial charge in [-0.2, -0.15) is 5.26 Å². The fraction of sp³-hybridized carbons (Fsp3) is 0.312. The molecule has 118 valence electrons. The van der Waals surface area contributed by atoms with E-state index >= 15 is 0 Å². The van der Waals surface area contributed by atoms with Crippen LogP contribution in [0.3, 0.4) is 0 Å². The summed E-state index contributed by atoms with van der Waals surface area (Å²) in [6.07, 6.45) is 0.835. The van der Waals surface area contributed by atoms with E-state index in [4.69, 9.17) is 9.47 Å². The lowest BCUT2D eigenvalue weighted by molar-refractivity contribution is -0.153. The highest BCUT2D eigenvalue weighted by molar-refractivity contribution is 5.83. The van der Waals surface area contributed by atoms with Gasteiger partial charge in [0, 0.05) is 6.61 Å². The molecule has 1 aliphatic rings. The fourth-order valence-electron chi connectivity index (χ4n) is 2.39. The molecule has 0 bridgehead atoms. The highest BCUT2D eigenvalue weighted by Crippen LogP contribution is 2.19. The summed E-state index contributed by atoms with van der Waals surface area (Å²) in [5.41, 5.74) is 1.38. The molecule has 0 amide bonds. The third kappa shape index (κ3) is 3.17. The van der Waals surface area contributed by atoms with Gasteiger partial charge < -0.3 is 19.6 Å². The molecule has 23 heavy (non-hydrogen) atoms. The molecule has 0 aliphatic carbocycles. The zero-order valence-electron chi connectivity index (χ0n) is 12.3. The number of hydrogen-bond donors (Lipinski definition) is 2. The van der Waals surface area contributed by atoms with E-state index in [9.17, 15) is 15.2 Å². The molecule has 1 fully saturated rings. The highest BCUT2D eigenvalue weighted by Gasteiger charge is 2.25. The number of nitrogens with zero attached hydrogens (tertiary/aromatic N) is 2. The zero-order valence-corrected chi connectivity index (χ0v) is 12.3. The predicted octanol–water partition coefficient (Wildman–Crippen LogP) is 2.08. The second kappa shape index (κ2) is 6.50. The number of imidazole rings is 1. The van der Waals surface area contributed by atoms with Gasteiger partial charge in [0.2, 0.25) is 0 Å². The number of allylic oxidation sites excluding steroid dienone is 1. The average Bonchev–Trinajstić information content (AvgIpc) is 3.22. The summed E-state index contributed by atoms with van der Waals surface area (Å²) in [6, 6.07) is 9.15. The van der Waals surface area contributed by atoms with E-state index in [1.54, 1.807) is 6.07 Å². The normalized spacial score (nSPS) is 18.5. The minimum atomic E-state index is -0.584. The third-order valence-corrected chi connectivity index (χ3v) is 3.57. The van der Waals surface area contributed by atoms with Crippen molar-refractivity contribution >= 4 is 22.6 Å². The summed E-state index contributed by atoms with van der Waals surface area (Å²) in [7, 11) is 0. The van der Waals surface area contributed by atoms with Gasteiger partial charge in [0.1, 0.15) is 18.2 Å². The molecule has 1 unspecified atom stereocenters. The molecule has 1 aromatic heterocycles. The van der Waals surface area contributed by atoms with Gasteiger partial charge >= 0.3 is 5.97 Å². The van der Waals surface area contributed by atoms with Crippen LogP contribution in [0.25, 0.3) is 16.6 Å². The summed E-state index contributed by atoms with van der Waals surface area (Å²) in [4.78, 5) is 19.0. The molecule has 1 atom stereocenters. The van der Waals surface area contributed by atoms with Crippen molar-refractivity contribution in [3.8, 4) is 6.07 Å². The van der Waals surface area contributed by atoms with E-state index in [0.717, 1.165) is 11.9 Å². The van der Waals surface area contributed by atoms with Gasteiger partial charge in [-0.25, -0.2) is 9.78 Å². The van der Waals surface area contributed by atoms with E-state index in [1.165, 1.54) is 0 Å². The maximum Gasteiger partial charge on any atom is 0.335 e. The lowest BCUT2D eigenvalue weighted by atomic mass is 10.2. The first-order chi connectivity index (χ1) is 11.2. The molecule has 7 heteroatoms. The number of aromatic amines is 1. The summed E-state index contributed by atoms with van der Waals surface area (Å²) in [5, 5.41) is 19.3. The molecule has 2 heterocycles. The molecule has 1 aliphatic heterocycles. The number of rotatable bonds is 4. The second-order valence-electron chi connectivity index (χ2n) is 5.15. The van der Waals surface area contributed by atoms with Crippen LogP contribution in [0.5, 0.6) is 0 Å². The molecular formula is C16H15N3O4. The Morgan fingerprint density at radius 2 is 2.35 bits per heavy atom. The predicted molar refractivity (Wildman–Crippen MR) is 81.2 cm³/mol. The van der Waals surface area contributed by atoms with Crippen molar-refractivity contribution in [3.05, 3.63) is 35.8 Å². The molecular weight excluding hydrogens is 298 g/mol. The molecule has 2 aromatic rings. The van der Waals surface area contributed by atoms with Gasteiger partial charge in [0.05, 0.1) is 11.0 Å². The van der Waals surface area contributed by atoms with Gasteiger partial charge in [-0.1, -0.05) is 12.1 Å². The van der Waals surface area contributed by atoms with Crippen LogP contribution in [0.15, 0.2) is 30.0 Å². The molecule has 1 saturated heterocycles. The van der Waals surface area contributed by atoms with E-state index in [-0.39, 0.29) is 17.2 Å². The van der Waals surface area contributed by atoms with Crippen molar-refractivity contribution in [1.29, 1.82) is 5.26 Å². The van der Waals surface area contributed by atoms with Crippen molar-refractivity contribution in [1.82, 2.24) is 9.97 Å².